The van der Waals surface area contributed by atoms with Gasteiger partial charge in [-0.1, -0.05) is 11.2 Å². The van der Waals surface area contributed by atoms with Gasteiger partial charge in [0.2, 0.25) is 5.91 Å². The molecule has 0 saturated carbocycles. The quantitative estimate of drug-likeness (QED) is 0.541. The third kappa shape index (κ3) is 5.59. The minimum absolute atomic E-state index is 0.0491. The number of nitrogens with one attached hydrogen (secondary N) is 2. The largest absolute Gasteiger partial charge is 0.497 e. The van der Waals surface area contributed by atoms with Gasteiger partial charge in [-0.05, 0) is 37.3 Å². The summed E-state index contributed by atoms with van der Waals surface area (Å²) in [5, 5.41) is 9.21. The van der Waals surface area contributed by atoms with E-state index in [1.807, 2.05) is 18.2 Å². The zero-order valence-corrected chi connectivity index (χ0v) is 17.5. The van der Waals surface area contributed by atoms with Gasteiger partial charge in [-0.3, -0.25) is 14.6 Å². The normalized spacial score (nSPS) is 11.5. The van der Waals surface area contributed by atoms with E-state index in [-0.39, 0.29) is 11.6 Å². The average molecular weight is 424 g/mol. The molecule has 2 heterocycles. The van der Waals surface area contributed by atoms with Gasteiger partial charge < -0.3 is 24.6 Å². The predicted octanol–water partition coefficient (Wildman–Crippen LogP) is 2.23. The molecule has 0 radical (unpaired) electrons. The Hall–Kier alpha value is -3.88. The summed E-state index contributed by atoms with van der Waals surface area (Å²) < 4.78 is 15.9. The highest BCUT2D eigenvalue weighted by Gasteiger charge is 2.21. The van der Waals surface area contributed by atoms with Gasteiger partial charge in [0.25, 0.3) is 5.91 Å². The molecule has 3 aromatic rings. The van der Waals surface area contributed by atoms with Crippen LogP contribution < -0.4 is 20.1 Å². The van der Waals surface area contributed by atoms with Crippen LogP contribution in [0.3, 0.4) is 0 Å². The molecule has 0 spiro atoms. The Morgan fingerprint density at radius 2 is 1.97 bits per heavy atom. The zero-order chi connectivity index (χ0) is 22.2. The minimum atomic E-state index is -0.747. The Bertz CT molecular complexity index is 1040. The zero-order valence-electron chi connectivity index (χ0n) is 17.5. The van der Waals surface area contributed by atoms with E-state index >= 15 is 0 Å². The molecule has 0 bridgehead atoms. The van der Waals surface area contributed by atoms with Crippen LogP contribution in [0.5, 0.6) is 11.5 Å². The summed E-state index contributed by atoms with van der Waals surface area (Å²) in [5.74, 6) is 0.666. The number of pyridine rings is 1. The number of rotatable bonds is 9. The van der Waals surface area contributed by atoms with Crippen molar-refractivity contribution in [2.24, 2.45) is 0 Å². The average Bonchev–Trinajstić information content (AvgIpc) is 3.29. The second-order valence-corrected chi connectivity index (χ2v) is 6.70. The molecule has 1 unspecified atom stereocenters. The second-order valence-electron chi connectivity index (χ2n) is 6.70. The Labute approximate surface area is 179 Å². The third-order valence-electron chi connectivity index (χ3n) is 4.56. The van der Waals surface area contributed by atoms with Gasteiger partial charge in [0, 0.05) is 30.9 Å². The Morgan fingerprint density at radius 1 is 1.13 bits per heavy atom. The van der Waals surface area contributed by atoms with E-state index in [4.69, 9.17) is 14.0 Å². The van der Waals surface area contributed by atoms with Crippen LogP contribution >= 0.6 is 0 Å². The van der Waals surface area contributed by atoms with Gasteiger partial charge in [0.1, 0.15) is 17.5 Å². The number of nitrogens with zero attached hydrogens (tertiary/aromatic N) is 2. The van der Waals surface area contributed by atoms with E-state index in [1.54, 1.807) is 38.4 Å². The molecular weight excluding hydrogens is 400 g/mol. The van der Waals surface area contributed by atoms with Gasteiger partial charge in [-0.15, -0.1) is 0 Å². The number of benzene rings is 1. The molecule has 1 atom stereocenters. The number of ether oxygens (including phenoxy) is 2. The summed E-state index contributed by atoms with van der Waals surface area (Å²) >= 11 is 0. The van der Waals surface area contributed by atoms with Crippen LogP contribution in [0.1, 0.15) is 23.1 Å². The second kappa shape index (κ2) is 10.2. The fourth-order valence-electron chi connectivity index (χ4n) is 2.86. The number of methoxy groups -OCH3 is 2. The first kappa shape index (κ1) is 21.8. The van der Waals surface area contributed by atoms with Crippen LogP contribution in [-0.4, -0.2) is 48.8 Å². The molecule has 3 rings (SSSR count). The van der Waals surface area contributed by atoms with Crippen LogP contribution in [0, 0.1) is 0 Å². The Balaban J connectivity index is 1.58. The van der Waals surface area contributed by atoms with Crippen molar-refractivity contribution in [2.45, 2.75) is 19.4 Å². The highest BCUT2D eigenvalue weighted by atomic mass is 16.5. The van der Waals surface area contributed by atoms with Gasteiger partial charge in [-0.25, -0.2) is 0 Å². The molecule has 31 heavy (non-hydrogen) atoms. The summed E-state index contributed by atoms with van der Waals surface area (Å²) in [6.07, 6.45) is 2.30. The summed E-state index contributed by atoms with van der Waals surface area (Å²) in [4.78, 5) is 29.0. The minimum Gasteiger partial charge on any atom is -0.497 e. The molecule has 2 N–H and O–H groups in total. The van der Waals surface area contributed by atoms with Crippen molar-refractivity contribution in [1.29, 1.82) is 0 Å². The molecule has 0 aliphatic heterocycles. The van der Waals surface area contributed by atoms with E-state index in [1.165, 1.54) is 13.2 Å². The number of hydrogen-bond acceptors (Lipinski definition) is 7. The molecule has 0 aliphatic carbocycles. The van der Waals surface area contributed by atoms with E-state index in [9.17, 15) is 9.59 Å². The van der Waals surface area contributed by atoms with Crippen molar-refractivity contribution in [1.82, 2.24) is 20.8 Å². The molecule has 0 fully saturated rings. The molecule has 162 valence electrons. The van der Waals surface area contributed by atoms with Crippen LogP contribution in [0.25, 0.3) is 11.3 Å². The van der Waals surface area contributed by atoms with Crippen molar-refractivity contribution < 1.29 is 23.6 Å². The molecule has 1 aromatic carbocycles. The summed E-state index contributed by atoms with van der Waals surface area (Å²) in [6.45, 7) is 2.01. The first-order valence-corrected chi connectivity index (χ1v) is 9.69. The van der Waals surface area contributed by atoms with Crippen molar-refractivity contribution in [3.05, 3.63) is 60.0 Å². The first-order valence-electron chi connectivity index (χ1n) is 9.69. The molecule has 2 amide bonds. The molecule has 0 aliphatic rings. The maximum Gasteiger partial charge on any atom is 0.274 e. The SMILES string of the molecule is COc1ccc(OC)c(-c2cc(C(=O)NC(C)C(=O)NCCc3ccccn3)no2)c1. The number of carbonyl (C=O) groups is 2. The van der Waals surface area contributed by atoms with Crippen molar-refractivity contribution in [3.63, 3.8) is 0 Å². The van der Waals surface area contributed by atoms with E-state index in [0.717, 1.165) is 5.69 Å². The molecule has 9 nitrogen and oxygen atoms in total. The van der Waals surface area contributed by atoms with E-state index < -0.39 is 11.9 Å². The topological polar surface area (TPSA) is 116 Å². The number of carbonyl (C=O) groups excluding carboxylic acids is 2. The maximum atomic E-state index is 12.5. The summed E-state index contributed by atoms with van der Waals surface area (Å²) in [6, 6.07) is 11.5. The Morgan fingerprint density at radius 3 is 2.68 bits per heavy atom. The molecule has 2 aromatic heterocycles. The monoisotopic (exact) mass is 424 g/mol. The first-order chi connectivity index (χ1) is 15.0. The number of hydrogen-bond donors (Lipinski definition) is 2. The molecule has 9 heteroatoms. The Kier molecular flexibility index (Phi) is 7.21. The lowest BCUT2D eigenvalue weighted by Crippen LogP contribution is -2.45. The molecular formula is C22H24N4O5. The van der Waals surface area contributed by atoms with E-state index in [0.29, 0.717) is 35.8 Å². The summed E-state index contributed by atoms with van der Waals surface area (Å²) in [7, 11) is 3.08. The van der Waals surface area contributed by atoms with Crippen LogP contribution in [-0.2, 0) is 11.2 Å². The number of amides is 2. The van der Waals surface area contributed by atoms with Gasteiger partial charge in [0.15, 0.2) is 11.5 Å². The maximum absolute atomic E-state index is 12.5. The smallest absolute Gasteiger partial charge is 0.274 e. The van der Waals surface area contributed by atoms with E-state index in [2.05, 4.69) is 20.8 Å². The standard InChI is InChI=1S/C22H24N4O5/c1-14(21(27)24-11-9-15-6-4-5-10-23-15)25-22(28)18-13-20(31-26-18)17-12-16(29-2)7-8-19(17)30-3/h4-8,10,12-14H,9,11H2,1-3H3,(H,24,27)(H,25,28). The lowest BCUT2D eigenvalue weighted by Gasteiger charge is -2.13. The van der Waals surface area contributed by atoms with Gasteiger partial charge in [0.05, 0.1) is 19.8 Å². The fourth-order valence-corrected chi connectivity index (χ4v) is 2.86. The van der Waals surface area contributed by atoms with Crippen LogP contribution in [0.4, 0.5) is 0 Å². The van der Waals surface area contributed by atoms with Crippen molar-refractivity contribution >= 4 is 11.8 Å². The predicted molar refractivity (Wildman–Crippen MR) is 113 cm³/mol. The van der Waals surface area contributed by atoms with Crippen LogP contribution in [0.15, 0.2) is 53.2 Å². The lowest BCUT2D eigenvalue weighted by atomic mass is 10.1. The van der Waals surface area contributed by atoms with Gasteiger partial charge >= 0.3 is 0 Å². The fraction of sp³-hybridized carbons (Fsp3) is 0.273. The molecule has 0 saturated heterocycles. The third-order valence-corrected chi connectivity index (χ3v) is 4.56. The highest BCUT2D eigenvalue weighted by Crippen LogP contribution is 2.33. The van der Waals surface area contributed by atoms with Crippen molar-refractivity contribution in [3.8, 4) is 22.8 Å². The lowest BCUT2D eigenvalue weighted by molar-refractivity contribution is -0.122. The number of aromatic nitrogens is 2. The van der Waals surface area contributed by atoms with Gasteiger partial charge in [-0.2, -0.15) is 0 Å². The van der Waals surface area contributed by atoms with Crippen LogP contribution in [0.2, 0.25) is 0 Å². The highest BCUT2D eigenvalue weighted by molar-refractivity contribution is 5.96. The summed E-state index contributed by atoms with van der Waals surface area (Å²) in [5.41, 5.74) is 1.52. The van der Waals surface area contributed by atoms with Crippen molar-refractivity contribution in [2.75, 3.05) is 20.8 Å².